The van der Waals surface area contributed by atoms with E-state index >= 15 is 0 Å². The van der Waals surface area contributed by atoms with Crippen LogP contribution in [0.1, 0.15) is 43.0 Å². The number of rotatable bonds is 1. The van der Waals surface area contributed by atoms with E-state index in [4.69, 9.17) is 0 Å². The number of thiophene rings is 1. The van der Waals surface area contributed by atoms with E-state index in [1.165, 1.54) is 21.2 Å². The Balaban J connectivity index is 1.82. The van der Waals surface area contributed by atoms with Gasteiger partial charge in [0.25, 0.3) is 0 Å². The van der Waals surface area contributed by atoms with Crippen LogP contribution in [0.15, 0.2) is 65.2 Å². The first-order chi connectivity index (χ1) is 12.5. The molecule has 130 valence electrons. The monoisotopic (exact) mass is 359 g/mol. The predicted octanol–water partition coefficient (Wildman–Crippen LogP) is 6.10. The van der Waals surface area contributed by atoms with Gasteiger partial charge in [0.05, 0.1) is 5.92 Å². The number of allylic oxidation sites excluding steroid dienone is 2. The fourth-order valence-corrected chi connectivity index (χ4v) is 5.39. The molecule has 0 radical (unpaired) electrons. The number of hydrogen-bond acceptors (Lipinski definition) is 3. The maximum Gasteiger partial charge on any atom is 0.162 e. The van der Waals surface area contributed by atoms with Crippen LogP contribution in [0.5, 0.6) is 0 Å². The lowest BCUT2D eigenvalue weighted by Crippen LogP contribution is -2.33. The summed E-state index contributed by atoms with van der Waals surface area (Å²) in [4.78, 5) is 14.5. The van der Waals surface area contributed by atoms with E-state index in [1.54, 1.807) is 11.3 Å². The molecule has 0 fully saturated rings. The molecule has 1 aliphatic heterocycles. The van der Waals surface area contributed by atoms with Crippen LogP contribution in [0.4, 0.5) is 5.69 Å². The summed E-state index contributed by atoms with van der Waals surface area (Å²) in [5.41, 5.74) is 4.50. The Morgan fingerprint density at radius 2 is 1.88 bits per heavy atom. The van der Waals surface area contributed by atoms with Crippen LogP contribution >= 0.6 is 11.3 Å². The molecule has 2 aliphatic rings. The van der Waals surface area contributed by atoms with Crippen LogP contribution in [-0.2, 0) is 4.79 Å². The van der Waals surface area contributed by atoms with Crippen molar-refractivity contribution in [3.63, 3.8) is 0 Å². The number of carbonyl (C=O) groups excluding carboxylic acids is 1. The SMILES string of the molecule is CC1(C)CC(=O)C2=C(C1)Nc1ccc3ccccc3c1[C@H]2c1cccs1. The summed E-state index contributed by atoms with van der Waals surface area (Å²) in [6.07, 6.45) is 1.54. The van der Waals surface area contributed by atoms with Crippen LogP contribution in [0, 0.1) is 5.41 Å². The molecule has 26 heavy (non-hydrogen) atoms. The largest absolute Gasteiger partial charge is 0.358 e. The summed E-state index contributed by atoms with van der Waals surface area (Å²) in [5.74, 6) is 0.330. The molecule has 0 bridgehead atoms. The van der Waals surface area contributed by atoms with Gasteiger partial charge < -0.3 is 5.32 Å². The third-order valence-corrected chi connectivity index (χ3v) is 6.52. The van der Waals surface area contributed by atoms with Crippen LogP contribution in [0.25, 0.3) is 10.8 Å². The number of anilines is 1. The lowest BCUT2D eigenvalue weighted by atomic mass is 9.69. The predicted molar refractivity (Wildman–Crippen MR) is 109 cm³/mol. The van der Waals surface area contributed by atoms with Crippen molar-refractivity contribution >= 4 is 33.6 Å². The van der Waals surface area contributed by atoms with Crippen molar-refractivity contribution in [2.45, 2.75) is 32.6 Å². The summed E-state index contributed by atoms with van der Waals surface area (Å²) in [6, 6.07) is 17.1. The number of fused-ring (bicyclic) bond motifs is 3. The first kappa shape index (κ1) is 15.8. The van der Waals surface area contributed by atoms with Gasteiger partial charge in [0, 0.05) is 28.3 Å². The molecule has 2 nitrogen and oxygen atoms in total. The van der Waals surface area contributed by atoms with E-state index in [2.05, 4.69) is 73.1 Å². The third-order valence-electron chi connectivity index (χ3n) is 5.58. The van der Waals surface area contributed by atoms with Crippen LogP contribution in [0.3, 0.4) is 0 Å². The van der Waals surface area contributed by atoms with E-state index in [1.807, 2.05) is 0 Å². The van der Waals surface area contributed by atoms with Gasteiger partial charge in [-0.05, 0) is 45.7 Å². The van der Waals surface area contributed by atoms with Gasteiger partial charge in [-0.25, -0.2) is 0 Å². The fourth-order valence-electron chi connectivity index (χ4n) is 4.54. The summed E-state index contributed by atoms with van der Waals surface area (Å²) >= 11 is 1.75. The van der Waals surface area contributed by atoms with Crippen LogP contribution in [0.2, 0.25) is 0 Å². The Labute approximate surface area is 157 Å². The van der Waals surface area contributed by atoms with Crippen LogP contribution in [-0.4, -0.2) is 5.78 Å². The highest BCUT2D eigenvalue weighted by Crippen LogP contribution is 2.51. The second-order valence-corrected chi connectivity index (χ2v) is 9.13. The number of Topliss-reactive ketones (excluding diaryl/α,β-unsaturated/α-hetero) is 1. The summed E-state index contributed by atoms with van der Waals surface area (Å²) in [5, 5.41) is 8.20. The molecular formula is C23H21NOS. The maximum atomic E-state index is 13.2. The average molecular weight is 359 g/mol. The van der Waals surface area contributed by atoms with Crippen molar-refractivity contribution < 1.29 is 4.79 Å². The molecule has 5 rings (SSSR count). The molecule has 2 aromatic carbocycles. The molecule has 0 saturated carbocycles. The summed E-state index contributed by atoms with van der Waals surface area (Å²) in [7, 11) is 0. The summed E-state index contributed by atoms with van der Waals surface area (Å²) < 4.78 is 0. The first-order valence-electron chi connectivity index (χ1n) is 9.12. The van der Waals surface area contributed by atoms with Gasteiger partial charge in [-0.3, -0.25) is 4.79 Å². The maximum absolute atomic E-state index is 13.2. The first-order valence-corrected chi connectivity index (χ1v) is 10.00. The highest BCUT2D eigenvalue weighted by atomic mass is 32.1. The minimum absolute atomic E-state index is 0.0112. The van der Waals surface area contributed by atoms with Crippen LogP contribution < -0.4 is 5.32 Å². The second kappa shape index (κ2) is 5.55. The van der Waals surface area contributed by atoms with E-state index in [0.29, 0.717) is 12.2 Å². The molecule has 1 aliphatic carbocycles. The number of benzene rings is 2. The van der Waals surface area contributed by atoms with E-state index in [-0.39, 0.29) is 11.3 Å². The van der Waals surface area contributed by atoms with E-state index < -0.39 is 0 Å². The molecule has 3 heteroatoms. The van der Waals surface area contributed by atoms with Gasteiger partial charge >= 0.3 is 0 Å². The van der Waals surface area contributed by atoms with Crippen molar-refractivity contribution in [3.05, 3.63) is 75.6 Å². The molecule has 0 unspecified atom stereocenters. The Kier molecular flexibility index (Phi) is 3.38. The normalized spacial score (nSPS) is 21.3. The molecule has 2 heterocycles. The van der Waals surface area contributed by atoms with Gasteiger partial charge in [-0.1, -0.05) is 50.2 Å². The Bertz CT molecular complexity index is 1060. The molecule has 0 amide bonds. The zero-order valence-electron chi connectivity index (χ0n) is 15.0. The average Bonchev–Trinajstić information content (AvgIpc) is 3.13. The number of hydrogen-bond donors (Lipinski definition) is 1. The van der Waals surface area contributed by atoms with E-state index in [9.17, 15) is 4.79 Å². The molecule has 3 aromatic rings. The zero-order chi connectivity index (χ0) is 17.9. The topological polar surface area (TPSA) is 29.1 Å². The summed E-state index contributed by atoms with van der Waals surface area (Å²) in [6.45, 7) is 4.37. The Morgan fingerprint density at radius 3 is 2.69 bits per heavy atom. The Morgan fingerprint density at radius 1 is 1.04 bits per heavy atom. The van der Waals surface area contributed by atoms with Gasteiger partial charge in [-0.15, -0.1) is 11.3 Å². The highest BCUT2D eigenvalue weighted by molar-refractivity contribution is 7.10. The second-order valence-electron chi connectivity index (χ2n) is 8.15. The number of ketones is 1. The lowest BCUT2D eigenvalue weighted by Gasteiger charge is -2.39. The molecule has 1 atom stereocenters. The standard InChI is InChI=1S/C23H21NOS/c1-23(2)12-17-21(18(25)13-23)22(19-8-5-11-26-19)20-15-7-4-3-6-14(15)9-10-16(20)24-17/h3-11,22,24H,12-13H2,1-2H3/t22-/m1/s1. The molecule has 1 aromatic heterocycles. The van der Waals surface area contributed by atoms with Gasteiger partial charge in [-0.2, -0.15) is 0 Å². The van der Waals surface area contributed by atoms with Gasteiger partial charge in [0.2, 0.25) is 0 Å². The van der Waals surface area contributed by atoms with Crippen molar-refractivity contribution in [1.82, 2.24) is 0 Å². The van der Waals surface area contributed by atoms with Crippen molar-refractivity contribution in [1.29, 1.82) is 0 Å². The van der Waals surface area contributed by atoms with Gasteiger partial charge in [0.1, 0.15) is 0 Å². The number of nitrogens with one attached hydrogen (secondary N) is 1. The molecule has 1 N–H and O–H groups in total. The lowest BCUT2D eigenvalue weighted by molar-refractivity contribution is -0.118. The minimum atomic E-state index is 0.0112. The van der Waals surface area contributed by atoms with Crippen molar-refractivity contribution in [2.24, 2.45) is 5.41 Å². The molecular weight excluding hydrogens is 338 g/mol. The Hall–Kier alpha value is -2.39. The van der Waals surface area contributed by atoms with Gasteiger partial charge in [0.15, 0.2) is 5.78 Å². The van der Waals surface area contributed by atoms with E-state index in [0.717, 1.165) is 23.4 Å². The molecule has 0 saturated heterocycles. The zero-order valence-corrected chi connectivity index (χ0v) is 15.8. The quantitative estimate of drug-likeness (QED) is 0.568. The molecule has 0 spiro atoms. The highest BCUT2D eigenvalue weighted by Gasteiger charge is 2.41. The van der Waals surface area contributed by atoms with Crippen molar-refractivity contribution in [3.8, 4) is 0 Å². The fraction of sp³-hybridized carbons (Fsp3) is 0.261. The number of carbonyl (C=O) groups is 1. The smallest absolute Gasteiger partial charge is 0.162 e. The minimum Gasteiger partial charge on any atom is -0.358 e. The van der Waals surface area contributed by atoms with Crippen molar-refractivity contribution in [2.75, 3.05) is 5.32 Å². The third kappa shape index (κ3) is 2.34.